The third-order valence-electron chi connectivity index (χ3n) is 2.85. The quantitative estimate of drug-likeness (QED) is 0.817. The van der Waals surface area contributed by atoms with E-state index in [1.807, 2.05) is 20.2 Å². The summed E-state index contributed by atoms with van der Waals surface area (Å²) >= 11 is 6.74. The molecule has 0 saturated carbocycles. The summed E-state index contributed by atoms with van der Waals surface area (Å²) in [6.45, 7) is 2.76. The highest BCUT2D eigenvalue weighted by Gasteiger charge is 2.07. The van der Waals surface area contributed by atoms with E-state index in [-0.39, 0.29) is 0 Å². The van der Waals surface area contributed by atoms with Crippen LogP contribution in [0.15, 0.2) is 37.8 Å². The minimum atomic E-state index is 0.653. The number of rotatable bonds is 4. The third-order valence-corrected chi connectivity index (χ3v) is 4.56. The lowest BCUT2D eigenvalue weighted by Crippen LogP contribution is -2.10. The van der Waals surface area contributed by atoms with Gasteiger partial charge < -0.3 is 14.6 Å². The summed E-state index contributed by atoms with van der Waals surface area (Å²) in [5.41, 5.74) is 3.56. The summed E-state index contributed by atoms with van der Waals surface area (Å²) in [5.74, 6) is 0.880. The van der Waals surface area contributed by atoms with Crippen LogP contribution in [0.3, 0.4) is 0 Å². The molecule has 0 fully saturated rings. The molecular formula is C14H16Br2N2O. The normalized spacial score (nSPS) is 10.6. The Bertz CT molecular complexity index is 559. The standard InChI is InChI=1S/C14H16Br2N2O/c1-9-4-5-10(6-13(9)18(2)3)17-8-11-7-12(15)14(16)19-11/h4-7,17H,8H2,1-3H3. The highest BCUT2D eigenvalue weighted by Crippen LogP contribution is 2.28. The lowest BCUT2D eigenvalue weighted by atomic mass is 10.1. The summed E-state index contributed by atoms with van der Waals surface area (Å²) in [6, 6.07) is 8.29. The minimum Gasteiger partial charge on any atom is -0.451 e. The van der Waals surface area contributed by atoms with Crippen molar-refractivity contribution in [2.75, 3.05) is 24.3 Å². The largest absolute Gasteiger partial charge is 0.451 e. The van der Waals surface area contributed by atoms with Crippen molar-refractivity contribution < 1.29 is 4.42 Å². The first-order valence-corrected chi connectivity index (χ1v) is 7.51. The van der Waals surface area contributed by atoms with Gasteiger partial charge in [0, 0.05) is 25.5 Å². The van der Waals surface area contributed by atoms with Gasteiger partial charge in [0.25, 0.3) is 0 Å². The average molecular weight is 388 g/mol. The molecular weight excluding hydrogens is 372 g/mol. The third kappa shape index (κ3) is 3.54. The van der Waals surface area contributed by atoms with Crippen molar-refractivity contribution in [3.05, 3.63) is 44.7 Å². The van der Waals surface area contributed by atoms with Gasteiger partial charge in [-0.05, 0) is 62.5 Å². The predicted octanol–water partition coefficient (Wildman–Crippen LogP) is 4.79. The van der Waals surface area contributed by atoms with Gasteiger partial charge in [0.15, 0.2) is 4.67 Å². The van der Waals surface area contributed by atoms with E-state index in [0.717, 1.165) is 20.6 Å². The number of benzene rings is 1. The first kappa shape index (κ1) is 14.5. The SMILES string of the molecule is Cc1ccc(NCc2cc(Br)c(Br)o2)cc1N(C)C. The van der Waals surface area contributed by atoms with Crippen molar-refractivity contribution in [2.24, 2.45) is 0 Å². The average Bonchev–Trinajstić information content (AvgIpc) is 2.67. The molecule has 1 heterocycles. The van der Waals surface area contributed by atoms with Gasteiger partial charge in [0.05, 0.1) is 11.0 Å². The van der Waals surface area contributed by atoms with Crippen molar-refractivity contribution in [1.82, 2.24) is 0 Å². The van der Waals surface area contributed by atoms with Crippen LogP contribution in [0.5, 0.6) is 0 Å². The Morgan fingerprint density at radius 3 is 2.53 bits per heavy atom. The van der Waals surface area contributed by atoms with E-state index in [0.29, 0.717) is 6.54 Å². The van der Waals surface area contributed by atoms with Crippen molar-refractivity contribution in [3.8, 4) is 0 Å². The summed E-state index contributed by atoms with van der Waals surface area (Å²) in [5, 5.41) is 3.36. The summed E-state index contributed by atoms with van der Waals surface area (Å²) in [7, 11) is 4.10. The maximum Gasteiger partial charge on any atom is 0.183 e. The van der Waals surface area contributed by atoms with Crippen LogP contribution in [0, 0.1) is 6.92 Å². The summed E-state index contributed by atoms with van der Waals surface area (Å²) in [6.07, 6.45) is 0. The molecule has 0 aliphatic carbocycles. The van der Waals surface area contributed by atoms with Crippen molar-refractivity contribution in [1.29, 1.82) is 0 Å². The van der Waals surface area contributed by atoms with Crippen LogP contribution in [0.2, 0.25) is 0 Å². The molecule has 1 aromatic heterocycles. The molecule has 0 radical (unpaired) electrons. The molecule has 3 nitrogen and oxygen atoms in total. The first-order chi connectivity index (χ1) is 8.97. The van der Waals surface area contributed by atoms with Crippen LogP contribution in [0.1, 0.15) is 11.3 Å². The number of hydrogen-bond donors (Lipinski definition) is 1. The molecule has 2 rings (SSSR count). The van der Waals surface area contributed by atoms with Gasteiger partial charge in [-0.3, -0.25) is 0 Å². The van der Waals surface area contributed by atoms with E-state index in [4.69, 9.17) is 4.42 Å². The molecule has 102 valence electrons. The second-order valence-electron chi connectivity index (χ2n) is 4.58. The van der Waals surface area contributed by atoms with Gasteiger partial charge in [-0.25, -0.2) is 0 Å². The smallest absolute Gasteiger partial charge is 0.183 e. The second kappa shape index (κ2) is 6.01. The van der Waals surface area contributed by atoms with Gasteiger partial charge in [-0.1, -0.05) is 6.07 Å². The van der Waals surface area contributed by atoms with Crippen LogP contribution < -0.4 is 10.2 Å². The van der Waals surface area contributed by atoms with E-state index in [9.17, 15) is 0 Å². The Kier molecular flexibility index (Phi) is 4.58. The zero-order valence-corrected chi connectivity index (χ0v) is 14.3. The molecule has 0 saturated heterocycles. The molecule has 2 aromatic rings. The fourth-order valence-electron chi connectivity index (χ4n) is 1.87. The number of aryl methyl sites for hydroxylation is 1. The van der Waals surface area contributed by atoms with Crippen LogP contribution in [0.4, 0.5) is 11.4 Å². The predicted molar refractivity (Wildman–Crippen MR) is 86.9 cm³/mol. The molecule has 1 aromatic carbocycles. The molecule has 1 N–H and O–H groups in total. The zero-order valence-electron chi connectivity index (χ0n) is 11.1. The van der Waals surface area contributed by atoms with Crippen molar-refractivity contribution in [2.45, 2.75) is 13.5 Å². The zero-order chi connectivity index (χ0) is 14.0. The number of furan rings is 1. The van der Waals surface area contributed by atoms with Gasteiger partial charge in [-0.2, -0.15) is 0 Å². The van der Waals surface area contributed by atoms with E-state index in [2.05, 4.69) is 67.2 Å². The maximum atomic E-state index is 5.53. The molecule has 0 aliphatic rings. The summed E-state index contributed by atoms with van der Waals surface area (Å²) in [4.78, 5) is 2.11. The Morgan fingerprint density at radius 2 is 1.95 bits per heavy atom. The first-order valence-electron chi connectivity index (χ1n) is 5.93. The van der Waals surface area contributed by atoms with Crippen LogP contribution in [0.25, 0.3) is 0 Å². The second-order valence-corrected chi connectivity index (χ2v) is 6.16. The number of nitrogens with one attached hydrogen (secondary N) is 1. The van der Waals surface area contributed by atoms with Gasteiger partial charge in [-0.15, -0.1) is 0 Å². The fraction of sp³-hybridized carbons (Fsp3) is 0.286. The topological polar surface area (TPSA) is 28.4 Å². The Balaban J connectivity index is 2.09. The Labute approximate surface area is 130 Å². The van der Waals surface area contributed by atoms with Gasteiger partial charge in [0.1, 0.15) is 5.76 Å². The minimum absolute atomic E-state index is 0.653. The molecule has 0 bridgehead atoms. The highest BCUT2D eigenvalue weighted by atomic mass is 79.9. The van der Waals surface area contributed by atoms with Gasteiger partial charge >= 0.3 is 0 Å². The van der Waals surface area contributed by atoms with Crippen molar-refractivity contribution in [3.63, 3.8) is 0 Å². The van der Waals surface area contributed by atoms with E-state index in [1.54, 1.807) is 0 Å². The van der Waals surface area contributed by atoms with Crippen LogP contribution >= 0.6 is 31.9 Å². The molecule has 5 heteroatoms. The highest BCUT2D eigenvalue weighted by molar-refractivity contribution is 9.13. The van der Waals surface area contributed by atoms with E-state index >= 15 is 0 Å². The van der Waals surface area contributed by atoms with E-state index < -0.39 is 0 Å². The monoisotopic (exact) mass is 386 g/mol. The van der Waals surface area contributed by atoms with Crippen LogP contribution in [-0.2, 0) is 6.54 Å². The lowest BCUT2D eigenvalue weighted by molar-refractivity contribution is 0.494. The molecule has 19 heavy (non-hydrogen) atoms. The molecule has 0 amide bonds. The number of anilines is 2. The lowest BCUT2D eigenvalue weighted by Gasteiger charge is -2.17. The van der Waals surface area contributed by atoms with E-state index in [1.165, 1.54) is 11.3 Å². The molecule has 0 spiro atoms. The number of hydrogen-bond acceptors (Lipinski definition) is 3. The van der Waals surface area contributed by atoms with Crippen molar-refractivity contribution >= 4 is 43.2 Å². The molecule has 0 atom stereocenters. The number of nitrogens with zero attached hydrogens (tertiary/aromatic N) is 1. The maximum absolute atomic E-state index is 5.53. The van der Waals surface area contributed by atoms with Gasteiger partial charge in [0.2, 0.25) is 0 Å². The number of halogens is 2. The molecule has 0 unspecified atom stereocenters. The van der Waals surface area contributed by atoms with Crippen LogP contribution in [-0.4, -0.2) is 14.1 Å². The Morgan fingerprint density at radius 1 is 1.21 bits per heavy atom. The fourth-order valence-corrected chi connectivity index (χ4v) is 2.53. The summed E-state index contributed by atoms with van der Waals surface area (Å²) < 4.78 is 7.19. The molecule has 0 aliphatic heterocycles. The Hall–Kier alpha value is -0.940.